The Morgan fingerprint density at radius 1 is 1.48 bits per heavy atom. The summed E-state index contributed by atoms with van der Waals surface area (Å²) in [7, 11) is 0. The van der Waals surface area contributed by atoms with Crippen LogP contribution in [0.25, 0.3) is 0 Å². The molecule has 1 N–H and O–H groups in total. The van der Waals surface area contributed by atoms with Crippen LogP contribution in [-0.4, -0.2) is 39.4 Å². The monoisotopic (exact) mass is 294 g/mol. The van der Waals surface area contributed by atoms with E-state index >= 15 is 0 Å². The average Bonchev–Trinajstić information content (AvgIpc) is 3.07. The molecular formula is C14H22N4O3. The van der Waals surface area contributed by atoms with Gasteiger partial charge in [-0.25, -0.2) is 0 Å². The van der Waals surface area contributed by atoms with Gasteiger partial charge in [-0.15, -0.1) is 0 Å². The number of amides is 2. The third-order valence-corrected chi connectivity index (χ3v) is 3.64. The van der Waals surface area contributed by atoms with E-state index in [0.717, 1.165) is 19.3 Å². The highest BCUT2D eigenvalue weighted by molar-refractivity contribution is 5.88. The van der Waals surface area contributed by atoms with Crippen molar-refractivity contribution in [3.63, 3.8) is 0 Å². The van der Waals surface area contributed by atoms with Gasteiger partial charge in [0, 0.05) is 19.4 Å². The zero-order valence-corrected chi connectivity index (χ0v) is 12.8. The zero-order chi connectivity index (χ0) is 15.4. The van der Waals surface area contributed by atoms with Gasteiger partial charge in [-0.2, -0.15) is 4.98 Å². The summed E-state index contributed by atoms with van der Waals surface area (Å²) in [5.41, 5.74) is 0. The lowest BCUT2D eigenvalue weighted by Crippen LogP contribution is -2.46. The molecule has 21 heavy (non-hydrogen) atoms. The first-order chi connectivity index (χ1) is 10.0. The van der Waals surface area contributed by atoms with Crippen molar-refractivity contribution in [1.82, 2.24) is 20.4 Å². The molecule has 1 saturated heterocycles. The zero-order valence-electron chi connectivity index (χ0n) is 12.8. The Balaban J connectivity index is 1.93. The molecule has 0 spiro atoms. The van der Waals surface area contributed by atoms with Crippen LogP contribution in [-0.2, 0) is 16.0 Å². The van der Waals surface area contributed by atoms with E-state index in [1.165, 1.54) is 0 Å². The minimum absolute atomic E-state index is 0.0355. The fourth-order valence-corrected chi connectivity index (χ4v) is 2.38. The third-order valence-electron chi connectivity index (χ3n) is 3.64. The number of nitrogens with zero attached hydrogens (tertiary/aromatic N) is 3. The second kappa shape index (κ2) is 6.69. The van der Waals surface area contributed by atoms with Crippen molar-refractivity contribution < 1.29 is 14.1 Å². The Morgan fingerprint density at radius 3 is 2.86 bits per heavy atom. The van der Waals surface area contributed by atoms with Crippen molar-refractivity contribution in [1.29, 1.82) is 0 Å². The molecule has 1 aliphatic rings. The van der Waals surface area contributed by atoms with Crippen molar-refractivity contribution in [3.05, 3.63) is 11.7 Å². The van der Waals surface area contributed by atoms with Gasteiger partial charge in [-0.1, -0.05) is 12.1 Å². The Morgan fingerprint density at radius 2 is 2.24 bits per heavy atom. The van der Waals surface area contributed by atoms with Crippen LogP contribution in [0.1, 0.15) is 57.8 Å². The summed E-state index contributed by atoms with van der Waals surface area (Å²) in [5, 5.41) is 6.69. The normalized spacial score (nSPS) is 17.9. The SMILES string of the molecule is CCCc1noc([C@@H](C)NC(=O)[C@@H](C)N2CCCC2=O)n1. The lowest BCUT2D eigenvalue weighted by molar-refractivity contribution is -0.137. The highest BCUT2D eigenvalue weighted by Crippen LogP contribution is 2.15. The lowest BCUT2D eigenvalue weighted by Gasteiger charge is -2.24. The topological polar surface area (TPSA) is 88.3 Å². The largest absolute Gasteiger partial charge is 0.343 e. The molecule has 0 bridgehead atoms. The van der Waals surface area contributed by atoms with E-state index in [1.54, 1.807) is 18.7 Å². The van der Waals surface area contributed by atoms with Crippen LogP contribution in [0.3, 0.4) is 0 Å². The van der Waals surface area contributed by atoms with Gasteiger partial charge in [0.1, 0.15) is 12.1 Å². The number of likely N-dealkylation sites (tertiary alicyclic amines) is 1. The number of rotatable bonds is 6. The molecule has 0 saturated carbocycles. The van der Waals surface area contributed by atoms with Gasteiger partial charge in [0.25, 0.3) is 0 Å². The molecule has 2 heterocycles. The standard InChI is InChI=1S/C14H22N4O3/c1-4-6-11-16-14(21-17-11)9(2)15-13(20)10(3)18-8-5-7-12(18)19/h9-10H,4-8H2,1-3H3,(H,15,20)/t9-,10-/m1/s1. The summed E-state index contributed by atoms with van der Waals surface area (Å²) in [6.07, 6.45) is 3.03. The molecule has 2 rings (SSSR count). The molecule has 0 unspecified atom stereocenters. The van der Waals surface area contributed by atoms with Crippen LogP contribution in [0, 0.1) is 0 Å². The number of carbonyl (C=O) groups excluding carboxylic acids is 2. The van der Waals surface area contributed by atoms with Crippen molar-refractivity contribution >= 4 is 11.8 Å². The van der Waals surface area contributed by atoms with Gasteiger partial charge >= 0.3 is 0 Å². The fraction of sp³-hybridized carbons (Fsp3) is 0.714. The van der Waals surface area contributed by atoms with E-state index < -0.39 is 6.04 Å². The maximum Gasteiger partial charge on any atom is 0.248 e. The molecule has 0 radical (unpaired) electrons. The smallest absolute Gasteiger partial charge is 0.248 e. The summed E-state index contributed by atoms with van der Waals surface area (Å²) in [4.78, 5) is 29.7. The van der Waals surface area contributed by atoms with E-state index in [-0.39, 0.29) is 17.9 Å². The van der Waals surface area contributed by atoms with Crippen molar-refractivity contribution in [2.24, 2.45) is 0 Å². The minimum atomic E-state index is -0.472. The lowest BCUT2D eigenvalue weighted by atomic mass is 10.2. The quantitative estimate of drug-likeness (QED) is 0.852. The summed E-state index contributed by atoms with van der Waals surface area (Å²) in [6.45, 7) is 6.21. The first-order valence-corrected chi connectivity index (χ1v) is 7.45. The predicted molar refractivity (Wildman–Crippen MR) is 75.3 cm³/mol. The molecule has 1 aliphatic heterocycles. The number of aryl methyl sites for hydroxylation is 1. The van der Waals surface area contributed by atoms with Gasteiger partial charge in [-0.3, -0.25) is 9.59 Å². The minimum Gasteiger partial charge on any atom is -0.343 e. The van der Waals surface area contributed by atoms with E-state index in [0.29, 0.717) is 24.7 Å². The first kappa shape index (κ1) is 15.5. The van der Waals surface area contributed by atoms with E-state index in [1.807, 2.05) is 6.92 Å². The molecule has 1 aromatic heterocycles. The highest BCUT2D eigenvalue weighted by Gasteiger charge is 2.30. The van der Waals surface area contributed by atoms with Crippen molar-refractivity contribution in [3.8, 4) is 0 Å². The number of aromatic nitrogens is 2. The van der Waals surface area contributed by atoms with Crippen LogP contribution in [0.15, 0.2) is 4.52 Å². The van der Waals surface area contributed by atoms with Crippen LogP contribution >= 0.6 is 0 Å². The summed E-state index contributed by atoms with van der Waals surface area (Å²) >= 11 is 0. The fourth-order valence-electron chi connectivity index (χ4n) is 2.38. The maximum absolute atomic E-state index is 12.2. The Labute approximate surface area is 124 Å². The number of nitrogens with one attached hydrogen (secondary N) is 1. The molecule has 1 aromatic rings. The number of hydrogen-bond acceptors (Lipinski definition) is 5. The highest BCUT2D eigenvalue weighted by atomic mass is 16.5. The predicted octanol–water partition coefficient (Wildman–Crippen LogP) is 1.21. The van der Waals surface area contributed by atoms with Crippen LogP contribution < -0.4 is 5.32 Å². The van der Waals surface area contributed by atoms with Crippen LogP contribution in [0.2, 0.25) is 0 Å². The summed E-state index contributed by atoms with van der Waals surface area (Å²) in [6, 6.07) is -0.837. The summed E-state index contributed by atoms with van der Waals surface area (Å²) < 4.78 is 5.15. The average molecular weight is 294 g/mol. The molecule has 2 amide bonds. The molecule has 1 fully saturated rings. The van der Waals surface area contributed by atoms with Crippen molar-refractivity contribution in [2.75, 3.05) is 6.54 Å². The Hall–Kier alpha value is -1.92. The van der Waals surface area contributed by atoms with Gasteiger partial charge < -0.3 is 14.7 Å². The Kier molecular flexibility index (Phi) is 4.93. The first-order valence-electron chi connectivity index (χ1n) is 7.45. The van der Waals surface area contributed by atoms with Gasteiger partial charge in [-0.05, 0) is 26.7 Å². The van der Waals surface area contributed by atoms with Gasteiger partial charge in [0.05, 0.1) is 0 Å². The second-order valence-electron chi connectivity index (χ2n) is 5.40. The number of hydrogen-bond donors (Lipinski definition) is 1. The number of carbonyl (C=O) groups is 2. The Bertz CT molecular complexity index is 514. The molecule has 0 aromatic carbocycles. The van der Waals surface area contributed by atoms with E-state index in [2.05, 4.69) is 15.5 Å². The van der Waals surface area contributed by atoms with Crippen LogP contribution in [0.4, 0.5) is 0 Å². The van der Waals surface area contributed by atoms with Crippen molar-refractivity contribution in [2.45, 2.75) is 58.5 Å². The van der Waals surface area contributed by atoms with E-state index in [9.17, 15) is 9.59 Å². The molecule has 2 atom stereocenters. The van der Waals surface area contributed by atoms with E-state index in [4.69, 9.17) is 4.52 Å². The molecule has 7 nitrogen and oxygen atoms in total. The third kappa shape index (κ3) is 3.59. The van der Waals surface area contributed by atoms with Gasteiger partial charge in [0.15, 0.2) is 5.82 Å². The van der Waals surface area contributed by atoms with Gasteiger partial charge in [0.2, 0.25) is 17.7 Å². The molecule has 7 heteroatoms. The molecular weight excluding hydrogens is 272 g/mol. The molecule has 116 valence electrons. The second-order valence-corrected chi connectivity index (χ2v) is 5.40. The summed E-state index contributed by atoms with van der Waals surface area (Å²) in [5.74, 6) is 0.879. The van der Waals surface area contributed by atoms with Crippen LogP contribution in [0.5, 0.6) is 0 Å². The molecule has 0 aliphatic carbocycles. The maximum atomic E-state index is 12.2.